The van der Waals surface area contributed by atoms with Crippen LogP contribution in [-0.2, 0) is 4.79 Å². The number of aliphatic carboxylic acids is 1. The molecule has 0 aliphatic rings. The topological polar surface area (TPSA) is 84.3 Å². The zero-order valence-electron chi connectivity index (χ0n) is 10.2. The Kier molecular flexibility index (Phi) is 4.68. The van der Waals surface area contributed by atoms with Gasteiger partial charge in [0.25, 0.3) is 0 Å². The van der Waals surface area contributed by atoms with Gasteiger partial charge in [-0.1, -0.05) is 13.8 Å². The van der Waals surface area contributed by atoms with Gasteiger partial charge in [-0.25, -0.2) is 0 Å². The molecule has 0 fully saturated rings. The van der Waals surface area contributed by atoms with E-state index in [0.29, 0.717) is 11.7 Å². The molecule has 0 aliphatic carbocycles. The van der Waals surface area contributed by atoms with Crippen molar-refractivity contribution < 1.29 is 14.6 Å². The van der Waals surface area contributed by atoms with Gasteiger partial charge < -0.3 is 15.2 Å². The maximum atomic E-state index is 10.7. The molecule has 0 radical (unpaired) electrons. The lowest BCUT2D eigenvalue weighted by atomic mass is 10.0. The molecule has 0 saturated carbocycles. The largest absolute Gasteiger partial charge is 0.481 e. The first-order valence-corrected chi connectivity index (χ1v) is 5.37. The van der Waals surface area contributed by atoms with E-state index >= 15 is 0 Å². The van der Waals surface area contributed by atoms with Crippen molar-refractivity contribution in [2.75, 3.05) is 12.4 Å². The van der Waals surface area contributed by atoms with Crippen molar-refractivity contribution in [3.05, 3.63) is 12.4 Å². The molecule has 1 aromatic rings. The van der Waals surface area contributed by atoms with Crippen molar-refractivity contribution in [3.63, 3.8) is 0 Å². The number of anilines is 1. The van der Waals surface area contributed by atoms with E-state index in [-0.39, 0.29) is 18.4 Å². The van der Waals surface area contributed by atoms with E-state index in [2.05, 4.69) is 15.3 Å². The minimum Gasteiger partial charge on any atom is -0.481 e. The standard InChI is InChI=1S/C11H17N3O3/c1-7(2)8(4-11(15)16)13-9-5-12-6-10(14-9)17-3/h5-8H,4H2,1-3H3,(H,13,14)(H,15,16). The maximum absolute atomic E-state index is 10.7. The molecule has 1 rings (SSSR count). The van der Waals surface area contributed by atoms with Gasteiger partial charge >= 0.3 is 5.97 Å². The summed E-state index contributed by atoms with van der Waals surface area (Å²) < 4.78 is 4.95. The zero-order valence-corrected chi connectivity index (χ0v) is 10.2. The van der Waals surface area contributed by atoms with Gasteiger partial charge in [0.2, 0.25) is 5.88 Å². The highest BCUT2D eigenvalue weighted by molar-refractivity contribution is 5.68. The molecule has 1 heterocycles. The van der Waals surface area contributed by atoms with Crippen molar-refractivity contribution in [2.45, 2.75) is 26.3 Å². The summed E-state index contributed by atoms with van der Waals surface area (Å²) in [7, 11) is 1.50. The molecule has 0 spiro atoms. The number of carbonyl (C=O) groups is 1. The third-order valence-electron chi connectivity index (χ3n) is 2.35. The van der Waals surface area contributed by atoms with E-state index in [9.17, 15) is 4.79 Å². The molecule has 0 aromatic carbocycles. The molecule has 6 nitrogen and oxygen atoms in total. The Hall–Kier alpha value is -1.85. The third kappa shape index (κ3) is 4.26. The van der Waals surface area contributed by atoms with Crippen molar-refractivity contribution in [1.29, 1.82) is 0 Å². The second kappa shape index (κ2) is 6.03. The third-order valence-corrected chi connectivity index (χ3v) is 2.35. The first-order valence-electron chi connectivity index (χ1n) is 5.37. The van der Waals surface area contributed by atoms with Crippen LogP contribution >= 0.6 is 0 Å². The van der Waals surface area contributed by atoms with Crippen LogP contribution in [0.1, 0.15) is 20.3 Å². The number of nitrogens with one attached hydrogen (secondary N) is 1. The van der Waals surface area contributed by atoms with E-state index in [1.165, 1.54) is 13.3 Å². The van der Waals surface area contributed by atoms with Crippen LogP contribution in [0, 0.1) is 5.92 Å². The molecule has 1 aromatic heterocycles. The number of rotatable bonds is 6. The van der Waals surface area contributed by atoms with Crippen LogP contribution in [0.4, 0.5) is 5.82 Å². The first-order chi connectivity index (χ1) is 8.02. The molecule has 94 valence electrons. The monoisotopic (exact) mass is 239 g/mol. The van der Waals surface area contributed by atoms with Crippen molar-refractivity contribution in [2.24, 2.45) is 5.92 Å². The van der Waals surface area contributed by atoms with E-state index in [0.717, 1.165) is 0 Å². The molecule has 0 amide bonds. The Morgan fingerprint density at radius 2 is 2.24 bits per heavy atom. The average Bonchev–Trinajstić information content (AvgIpc) is 2.27. The Bertz CT molecular complexity index is 382. The Balaban J connectivity index is 2.74. The predicted molar refractivity (Wildman–Crippen MR) is 63.1 cm³/mol. The number of hydrogen-bond acceptors (Lipinski definition) is 5. The Morgan fingerprint density at radius 3 is 2.76 bits per heavy atom. The first kappa shape index (κ1) is 13.2. The number of carboxylic acids is 1. The summed E-state index contributed by atoms with van der Waals surface area (Å²) in [6, 6.07) is -0.186. The summed E-state index contributed by atoms with van der Waals surface area (Å²) in [5, 5.41) is 11.9. The number of ether oxygens (including phenoxy) is 1. The van der Waals surface area contributed by atoms with Crippen molar-refractivity contribution >= 4 is 11.8 Å². The fraction of sp³-hybridized carbons (Fsp3) is 0.545. The van der Waals surface area contributed by atoms with Gasteiger partial charge in [0.1, 0.15) is 5.82 Å². The van der Waals surface area contributed by atoms with Crippen molar-refractivity contribution in [1.82, 2.24) is 9.97 Å². The quantitative estimate of drug-likeness (QED) is 0.780. The van der Waals surface area contributed by atoms with Crippen molar-refractivity contribution in [3.8, 4) is 5.88 Å². The van der Waals surface area contributed by atoms with E-state index in [1.54, 1.807) is 6.20 Å². The maximum Gasteiger partial charge on any atom is 0.305 e. The molecular weight excluding hydrogens is 222 g/mol. The molecule has 1 unspecified atom stereocenters. The normalized spacial score (nSPS) is 12.2. The second-order valence-electron chi connectivity index (χ2n) is 4.04. The predicted octanol–water partition coefficient (Wildman–Crippen LogP) is 1.40. The van der Waals surface area contributed by atoms with Crippen LogP contribution in [-0.4, -0.2) is 34.2 Å². The Morgan fingerprint density at radius 1 is 1.53 bits per heavy atom. The molecule has 6 heteroatoms. The molecule has 0 aliphatic heterocycles. The van der Waals surface area contributed by atoms with Crippen LogP contribution in [0.25, 0.3) is 0 Å². The fourth-order valence-electron chi connectivity index (χ4n) is 1.35. The van der Waals surface area contributed by atoms with Gasteiger partial charge in [-0.15, -0.1) is 0 Å². The number of methoxy groups -OCH3 is 1. The molecule has 0 saturated heterocycles. The van der Waals surface area contributed by atoms with Crippen LogP contribution in [0.15, 0.2) is 12.4 Å². The van der Waals surface area contributed by atoms with Gasteiger partial charge in [-0.3, -0.25) is 9.78 Å². The van der Waals surface area contributed by atoms with Crippen LogP contribution < -0.4 is 10.1 Å². The lowest BCUT2D eigenvalue weighted by Crippen LogP contribution is -2.29. The molecular formula is C11H17N3O3. The summed E-state index contributed by atoms with van der Waals surface area (Å²) in [6.07, 6.45) is 3.07. The molecule has 17 heavy (non-hydrogen) atoms. The summed E-state index contributed by atoms with van der Waals surface area (Å²) in [6.45, 7) is 3.91. The van der Waals surface area contributed by atoms with Gasteiger partial charge in [0.05, 0.1) is 25.9 Å². The summed E-state index contributed by atoms with van der Waals surface area (Å²) in [5.74, 6) is 0.253. The van der Waals surface area contributed by atoms with Gasteiger partial charge in [0.15, 0.2) is 0 Å². The zero-order chi connectivity index (χ0) is 12.8. The van der Waals surface area contributed by atoms with Gasteiger partial charge in [-0.05, 0) is 5.92 Å². The highest BCUT2D eigenvalue weighted by Crippen LogP contribution is 2.15. The summed E-state index contributed by atoms with van der Waals surface area (Å²) in [4.78, 5) is 18.8. The summed E-state index contributed by atoms with van der Waals surface area (Å²) in [5.41, 5.74) is 0. The average molecular weight is 239 g/mol. The number of aromatic nitrogens is 2. The lowest BCUT2D eigenvalue weighted by molar-refractivity contribution is -0.137. The van der Waals surface area contributed by atoms with Crippen LogP contribution in [0.2, 0.25) is 0 Å². The molecule has 0 bridgehead atoms. The molecule has 2 N–H and O–H groups in total. The minimum atomic E-state index is -0.841. The van der Waals surface area contributed by atoms with Gasteiger partial charge in [0, 0.05) is 6.04 Å². The van der Waals surface area contributed by atoms with E-state index in [4.69, 9.17) is 9.84 Å². The SMILES string of the molecule is COc1cncc(NC(CC(=O)O)C(C)C)n1. The van der Waals surface area contributed by atoms with Crippen LogP contribution in [0.3, 0.4) is 0 Å². The molecule has 1 atom stereocenters. The smallest absolute Gasteiger partial charge is 0.305 e. The van der Waals surface area contributed by atoms with E-state index < -0.39 is 5.97 Å². The lowest BCUT2D eigenvalue weighted by Gasteiger charge is -2.21. The highest BCUT2D eigenvalue weighted by atomic mass is 16.5. The second-order valence-corrected chi connectivity index (χ2v) is 4.04. The van der Waals surface area contributed by atoms with Crippen LogP contribution in [0.5, 0.6) is 5.88 Å². The number of hydrogen-bond donors (Lipinski definition) is 2. The number of carboxylic acid groups (broad SMARTS) is 1. The summed E-state index contributed by atoms with van der Waals surface area (Å²) >= 11 is 0. The minimum absolute atomic E-state index is 0.0383. The van der Waals surface area contributed by atoms with E-state index in [1.807, 2.05) is 13.8 Å². The Labute approximate surface area is 100 Å². The number of nitrogens with zero attached hydrogens (tertiary/aromatic N) is 2. The highest BCUT2D eigenvalue weighted by Gasteiger charge is 2.17. The fourth-order valence-corrected chi connectivity index (χ4v) is 1.35. The van der Waals surface area contributed by atoms with Gasteiger partial charge in [-0.2, -0.15) is 4.98 Å².